The molecule has 1 unspecified atom stereocenters. The zero-order chi connectivity index (χ0) is 13.5. The Labute approximate surface area is 115 Å². The molecule has 3 rings (SSSR count). The van der Waals surface area contributed by atoms with E-state index in [0.717, 1.165) is 30.6 Å². The number of fused-ring (bicyclic) bond motifs is 1. The molecule has 1 saturated carbocycles. The van der Waals surface area contributed by atoms with Crippen molar-refractivity contribution in [3.8, 4) is 5.75 Å². The third-order valence-electron chi connectivity index (χ3n) is 4.61. The highest BCUT2D eigenvalue weighted by Crippen LogP contribution is 2.43. The Morgan fingerprint density at radius 3 is 3.00 bits per heavy atom. The highest BCUT2D eigenvalue weighted by molar-refractivity contribution is 6.00. The van der Waals surface area contributed by atoms with Crippen LogP contribution in [0.5, 0.6) is 5.75 Å². The minimum Gasteiger partial charge on any atom is -0.486 e. The molecule has 0 bridgehead atoms. The lowest BCUT2D eigenvalue weighted by Gasteiger charge is -2.42. The van der Waals surface area contributed by atoms with Gasteiger partial charge in [-0.25, -0.2) is 0 Å². The summed E-state index contributed by atoms with van der Waals surface area (Å²) < 4.78 is 6.28. The number of ketones is 1. The van der Waals surface area contributed by atoms with Gasteiger partial charge in [0.1, 0.15) is 11.4 Å². The number of benzene rings is 1. The first-order valence-corrected chi connectivity index (χ1v) is 7.47. The van der Waals surface area contributed by atoms with E-state index >= 15 is 0 Å². The monoisotopic (exact) mass is 258 g/mol. The van der Waals surface area contributed by atoms with Gasteiger partial charge < -0.3 is 4.74 Å². The first-order valence-electron chi connectivity index (χ1n) is 7.47. The molecule has 0 radical (unpaired) electrons. The average Bonchev–Trinajstić information content (AvgIpc) is 2.38. The van der Waals surface area contributed by atoms with Gasteiger partial charge in [-0.05, 0) is 49.3 Å². The molecular formula is C17H22O2. The Balaban J connectivity index is 1.94. The molecule has 2 aliphatic rings. The number of rotatable bonds is 1. The fourth-order valence-corrected chi connectivity index (χ4v) is 3.63. The zero-order valence-electron chi connectivity index (χ0n) is 11.9. The van der Waals surface area contributed by atoms with Gasteiger partial charge in [-0.1, -0.05) is 26.3 Å². The molecule has 0 saturated heterocycles. The van der Waals surface area contributed by atoms with Crippen molar-refractivity contribution in [1.29, 1.82) is 0 Å². The van der Waals surface area contributed by atoms with Crippen LogP contribution < -0.4 is 4.74 Å². The van der Waals surface area contributed by atoms with Crippen LogP contribution in [0.2, 0.25) is 0 Å². The molecule has 1 aliphatic carbocycles. The van der Waals surface area contributed by atoms with Crippen LogP contribution in [-0.2, 0) is 6.42 Å². The molecule has 0 amide bonds. The minimum atomic E-state index is -0.213. The SMILES string of the molecule is CCc1ccc2c(c1)C(=O)C[C@]1(CCCC(C)C1)O2. The van der Waals surface area contributed by atoms with Crippen molar-refractivity contribution in [1.82, 2.24) is 0 Å². The summed E-state index contributed by atoms with van der Waals surface area (Å²) in [4.78, 5) is 12.5. The highest BCUT2D eigenvalue weighted by Gasteiger charge is 2.43. The second kappa shape index (κ2) is 4.66. The molecule has 2 nitrogen and oxygen atoms in total. The predicted molar refractivity (Wildman–Crippen MR) is 75.8 cm³/mol. The fraction of sp³-hybridized carbons (Fsp3) is 0.588. The quantitative estimate of drug-likeness (QED) is 0.756. The molecule has 0 N–H and O–H groups in total. The first-order chi connectivity index (χ1) is 9.12. The van der Waals surface area contributed by atoms with Crippen LogP contribution in [0.25, 0.3) is 0 Å². The van der Waals surface area contributed by atoms with Gasteiger partial charge in [-0.3, -0.25) is 4.79 Å². The van der Waals surface area contributed by atoms with Gasteiger partial charge in [0.2, 0.25) is 0 Å². The van der Waals surface area contributed by atoms with Crippen LogP contribution in [-0.4, -0.2) is 11.4 Å². The lowest BCUT2D eigenvalue weighted by molar-refractivity contribution is -0.000838. The lowest BCUT2D eigenvalue weighted by Crippen LogP contribution is -2.45. The second-order valence-electron chi connectivity index (χ2n) is 6.27. The van der Waals surface area contributed by atoms with Crippen molar-refractivity contribution < 1.29 is 9.53 Å². The van der Waals surface area contributed by atoms with E-state index < -0.39 is 0 Å². The number of hydrogen-bond acceptors (Lipinski definition) is 2. The standard InChI is InChI=1S/C17H22O2/c1-3-13-6-7-16-14(9-13)15(18)11-17(19-16)8-4-5-12(2)10-17/h6-7,9,12H,3-5,8,10-11H2,1-2H3/t12?,17-/m1/s1. The van der Waals surface area contributed by atoms with E-state index in [9.17, 15) is 4.79 Å². The van der Waals surface area contributed by atoms with Gasteiger partial charge in [0.25, 0.3) is 0 Å². The van der Waals surface area contributed by atoms with Crippen LogP contribution in [0.15, 0.2) is 18.2 Å². The van der Waals surface area contributed by atoms with Gasteiger partial charge >= 0.3 is 0 Å². The molecule has 1 aromatic carbocycles. The van der Waals surface area contributed by atoms with Crippen molar-refractivity contribution in [3.63, 3.8) is 0 Å². The van der Waals surface area contributed by atoms with Crippen molar-refractivity contribution in [2.75, 3.05) is 0 Å². The van der Waals surface area contributed by atoms with Crippen molar-refractivity contribution in [2.24, 2.45) is 5.92 Å². The fourth-order valence-electron chi connectivity index (χ4n) is 3.63. The number of aryl methyl sites for hydroxylation is 1. The third-order valence-corrected chi connectivity index (χ3v) is 4.61. The Morgan fingerprint density at radius 2 is 2.26 bits per heavy atom. The summed E-state index contributed by atoms with van der Waals surface area (Å²) in [6.45, 7) is 4.38. The van der Waals surface area contributed by atoms with E-state index in [2.05, 4.69) is 19.9 Å². The lowest BCUT2D eigenvalue weighted by atomic mass is 9.74. The summed E-state index contributed by atoms with van der Waals surface area (Å²) in [5, 5.41) is 0. The maximum Gasteiger partial charge on any atom is 0.170 e. The van der Waals surface area contributed by atoms with E-state index in [1.165, 1.54) is 18.4 Å². The Bertz CT molecular complexity index is 506. The molecule has 1 spiro atoms. The number of Topliss-reactive ketones (excluding diaryl/α,β-unsaturated/α-hetero) is 1. The van der Waals surface area contributed by atoms with Crippen LogP contribution in [0.3, 0.4) is 0 Å². The summed E-state index contributed by atoms with van der Waals surface area (Å²) in [6.07, 6.45) is 6.02. The molecule has 2 atom stereocenters. The van der Waals surface area contributed by atoms with E-state index in [-0.39, 0.29) is 11.4 Å². The molecule has 1 fully saturated rings. The van der Waals surface area contributed by atoms with E-state index in [1.54, 1.807) is 0 Å². The Hall–Kier alpha value is -1.31. The number of hydrogen-bond donors (Lipinski definition) is 0. The summed E-state index contributed by atoms with van der Waals surface area (Å²) in [5.41, 5.74) is 1.79. The zero-order valence-corrected chi connectivity index (χ0v) is 11.9. The van der Waals surface area contributed by atoms with Gasteiger partial charge in [0.15, 0.2) is 5.78 Å². The van der Waals surface area contributed by atoms with Gasteiger partial charge in [-0.15, -0.1) is 0 Å². The minimum absolute atomic E-state index is 0.213. The summed E-state index contributed by atoms with van der Waals surface area (Å²) >= 11 is 0. The highest BCUT2D eigenvalue weighted by atomic mass is 16.5. The molecule has 2 heteroatoms. The van der Waals surface area contributed by atoms with Crippen LogP contribution in [0, 0.1) is 5.92 Å². The summed E-state index contributed by atoms with van der Waals surface area (Å²) in [6, 6.07) is 6.08. The molecule has 1 heterocycles. The third kappa shape index (κ3) is 2.29. The van der Waals surface area contributed by atoms with E-state index in [4.69, 9.17) is 4.74 Å². The van der Waals surface area contributed by atoms with E-state index in [1.807, 2.05) is 12.1 Å². The van der Waals surface area contributed by atoms with E-state index in [0.29, 0.717) is 12.3 Å². The maximum atomic E-state index is 12.5. The maximum absolute atomic E-state index is 12.5. The van der Waals surface area contributed by atoms with Crippen molar-refractivity contribution in [2.45, 2.75) is 58.0 Å². The van der Waals surface area contributed by atoms with Crippen LogP contribution in [0.4, 0.5) is 0 Å². The topological polar surface area (TPSA) is 26.3 Å². The first kappa shape index (κ1) is 12.7. The van der Waals surface area contributed by atoms with Crippen molar-refractivity contribution in [3.05, 3.63) is 29.3 Å². The largest absolute Gasteiger partial charge is 0.486 e. The van der Waals surface area contributed by atoms with Gasteiger partial charge in [0, 0.05) is 0 Å². The molecule has 0 aromatic heterocycles. The van der Waals surface area contributed by atoms with Crippen LogP contribution >= 0.6 is 0 Å². The molecule has 1 aromatic rings. The number of carbonyl (C=O) groups is 1. The molecule has 1 aliphatic heterocycles. The number of ether oxygens (including phenoxy) is 1. The number of carbonyl (C=O) groups excluding carboxylic acids is 1. The molecule has 102 valence electrons. The van der Waals surface area contributed by atoms with Gasteiger partial charge in [-0.2, -0.15) is 0 Å². The Morgan fingerprint density at radius 1 is 1.42 bits per heavy atom. The van der Waals surface area contributed by atoms with Crippen LogP contribution in [0.1, 0.15) is 61.9 Å². The summed E-state index contributed by atoms with van der Waals surface area (Å²) in [5.74, 6) is 1.74. The second-order valence-corrected chi connectivity index (χ2v) is 6.27. The average molecular weight is 258 g/mol. The summed E-state index contributed by atoms with van der Waals surface area (Å²) in [7, 11) is 0. The predicted octanol–water partition coefficient (Wildman–Crippen LogP) is 4.16. The van der Waals surface area contributed by atoms with Gasteiger partial charge in [0.05, 0.1) is 12.0 Å². The normalized spacial score (nSPS) is 30.0. The molecular weight excluding hydrogens is 236 g/mol. The molecule has 19 heavy (non-hydrogen) atoms. The van der Waals surface area contributed by atoms with Crippen molar-refractivity contribution >= 4 is 5.78 Å². The smallest absolute Gasteiger partial charge is 0.170 e. The Kier molecular flexibility index (Phi) is 3.12.